The van der Waals surface area contributed by atoms with Crippen molar-refractivity contribution >= 4 is 11.6 Å². The molecule has 2 rings (SSSR count). The third kappa shape index (κ3) is 4.31. The van der Waals surface area contributed by atoms with Crippen LogP contribution in [0.4, 0.5) is 0 Å². The van der Waals surface area contributed by atoms with Crippen LogP contribution < -0.4 is 16.0 Å². The lowest BCUT2D eigenvalue weighted by atomic mass is 10.2. The molecule has 21 heavy (non-hydrogen) atoms. The number of aromatic amines is 1. The van der Waals surface area contributed by atoms with Gasteiger partial charge in [-0.05, 0) is 37.6 Å². The first-order valence-corrected chi connectivity index (χ1v) is 7.08. The number of H-pyrrole nitrogens is 1. The Labute approximate surface area is 128 Å². The van der Waals surface area contributed by atoms with Crippen molar-refractivity contribution in [2.75, 3.05) is 6.61 Å². The summed E-state index contributed by atoms with van der Waals surface area (Å²) in [6.45, 7) is 4.13. The third-order valence-electron chi connectivity index (χ3n) is 3.01. The molecule has 0 aliphatic rings. The molecule has 1 heterocycles. The topological polar surface area (TPSA) is 81.0 Å². The first-order chi connectivity index (χ1) is 9.95. The molecule has 1 atom stereocenters. The van der Waals surface area contributed by atoms with Gasteiger partial charge < -0.3 is 15.5 Å². The van der Waals surface area contributed by atoms with Gasteiger partial charge in [0.25, 0.3) is 5.56 Å². The van der Waals surface area contributed by atoms with Crippen molar-refractivity contribution in [1.82, 2.24) is 9.97 Å². The zero-order valence-electron chi connectivity index (χ0n) is 12.0. The van der Waals surface area contributed by atoms with Crippen molar-refractivity contribution in [2.45, 2.75) is 26.3 Å². The summed E-state index contributed by atoms with van der Waals surface area (Å²) < 4.78 is 5.68. The van der Waals surface area contributed by atoms with E-state index in [1.165, 1.54) is 6.07 Å². The van der Waals surface area contributed by atoms with Crippen LogP contribution in [-0.2, 0) is 6.42 Å². The van der Waals surface area contributed by atoms with E-state index < -0.39 is 0 Å². The maximum atomic E-state index is 11.5. The van der Waals surface area contributed by atoms with Gasteiger partial charge in [0.2, 0.25) is 0 Å². The van der Waals surface area contributed by atoms with Gasteiger partial charge in [0.05, 0.1) is 12.3 Å². The van der Waals surface area contributed by atoms with Crippen LogP contribution in [-0.4, -0.2) is 16.6 Å². The second-order valence-electron chi connectivity index (χ2n) is 4.91. The van der Waals surface area contributed by atoms with Crippen LogP contribution >= 0.6 is 11.6 Å². The van der Waals surface area contributed by atoms with Gasteiger partial charge in [-0.2, -0.15) is 0 Å². The van der Waals surface area contributed by atoms with E-state index in [2.05, 4.69) is 9.97 Å². The minimum atomic E-state index is -0.273. The summed E-state index contributed by atoms with van der Waals surface area (Å²) in [5.41, 5.74) is 7.09. The van der Waals surface area contributed by atoms with E-state index in [1.807, 2.05) is 19.1 Å². The van der Waals surface area contributed by atoms with E-state index in [9.17, 15) is 4.79 Å². The zero-order chi connectivity index (χ0) is 15.4. The Bertz CT molecular complexity index is 683. The second kappa shape index (κ2) is 6.74. The van der Waals surface area contributed by atoms with E-state index in [-0.39, 0.29) is 11.6 Å². The summed E-state index contributed by atoms with van der Waals surface area (Å²) >= 11 is 5.89. The molecule has 1 unspecified atom stereocenters. The van der Waals surface area contributed by atoms with Crippen LogP contribution in [0.25, 0.3) is 0 Å². The molecule has 0 saturated heterocycles. The molecule has 1 aromatic carbocycles. The minimum Gasteiger partial charge on any atom is -0.493 e. The summed E-state index contributed by atoms with van der Waals surface area (Å²) in [5.74, 6) is 1.34. The first kappa shape index (κ1) is 15.5. The molecular weight excluding hydrogens is 290 g/mol. The van der Waals surface area contributed by atoms with Gasteiger partial charge in [-0.15, -0.1) is 0 Å². The molecule has 3 N–H and O–H groups in total. The first-order valence-electron chi connectivity index (χ1n) is 6.70. The number of rotatable bonds is 5. The SMILES string of the molecule is Cc1cc(Cl)ccc1OCCc1nc(C(C)N)cc(=O)[nH]1. The molecular formula is C15H18ClN3O2. The Kier molecular flexibility index (Phi) is 4.98. The normalized spacial score (nSPS) is 12.2. The quantitative estimate of drug-likeness (QED) is 0.888. The molecule has 0 saturated carbocycles. The van der Waals surface area contributed by atoms with E-state index in [0.717, 1.165) is 11.3 Å². The van der Waals surface area contributed by atoms with Crippen LogP contribution in [0.5, 0.6) is 5.75 Å². The average molecular weight is 308 g/mol. The summed E-state index contributed by atoms with van der Waals surface area (Å²) in [4.78, 5) is 18.5. The second-order valence-corrected chi connectivity index (χ2v) is 5.35. The Hall–Kier alpha value is -1.85. The minimum absolute atomic E-state index is 0.199. The average Bonchev–Trinajstić information content (AvgIpc) is 2.40. The smallest absolute Gasteiger partial charge is 0.251 e. The molecule has 0 bridgehead atoms. The number of hydrogen-bond donors (Lipinski definition) is 2. The van der Waals surface area contributed by atoms with Crippen LogP contribution in [0, 0.1) is 6.92 Å². The fourth-order valence-electron chi connectivity index (χ4n) is 1.91. The molecule has 2 aromatic rings. The fraction of sp³-hybridized carbons (Fsp3) is 0.333. The predicted molar refractivity (Wildman–Crippen MR) is 82.8 cm³/mol. The number of nitrogens with one attached hydrogen (secondary N) is 1. The Balaban J connectivity index is 2.02. The van der Waals surface area contributed by atoms with Gasteiger partial charge in [-0.1, -0.05) is 11.6 Å². The van der Waals surface area contributed by atoms with Crippen molar-refractivity contribution in [3.8, 4) is 5.75 Å². The molecule has 5 nitrogen and oxygen atoms in total. The number of hydrogen-bond acceptors (Lipinski definition) is 4. The molecule has 6 heteroatoms. The maximum absolute atomic E-state index is 11.5. The fourth-order valence-corrected chi connectivity index (χ4v) is 2.14. The highest BCUT2D eigenvalue weighted by atomic mass is 35.5. The van der Waals surface area contributed by atoms with Crippen LogP contribution in [0.2, 0.25) is 5.02 Å². The third-order valence-corrected chi connectivity index (χ3v) is 3.25. The molecule has 0 aliphatic heterocycles. The molecule has 0 fully saturated rings. The lowest BCUT2D eigenvalue weighted by Gasteiger charge is -2.10. The highest BCUT2D eigenvalue weighted by Gasteiger charge is 2.06. The van der Waals surface area contributed by atoms with Crippen molar-refractivity contribution in [2.24, 2.45) is 5.73 Å². The van der Waals surface area contributed by atoms with Crippen LogP contribution in [0.15, 0.2) is 29.1 Å². The number of nitrogens with two attached hydrogens (primary N) is 1. The van der Waals surface area contributed by atoms with Crippen LogP contribution in [0.3, 0.4) is 0 Å². The molecule has 0 aliphatic carbocycles. The number of halogens is 1. The highest BCUT2D eigenvalue weighted by Crippen LogP contribution is 2.21. The maximum Gasteiger partial charge on any atom is 0.251 e. The molecule has 0 radical (unpaired) electrons. The lowest BCUT2D eigenvalue weighted by molar-refractivity contribution is 0.316. The number of aryl methyl sites for hydroxylation is 1. The van der Waals surface area contributed by atoms with Gasteiger partial charge in [0, 0.05) is 23.6 Å². The Morgan fingerprint density at radius 1 is 1.43 bits per heavy atom. The van der Waals surface area contributed by atoms with E-state index in [1.54, 1.807) is 13.0 Å². The highest BCUT2D eigenvalue weighted by molar-refractivity contribution is 6.30. The van der Waals surface area contributed by atoms with E-state index in [4.69, 9.17) is 22.1 Å². The van der Waals surface area contributed by atoms with Gasteiger partial charge in [0.15, 0.2) is 0 Å². The summed E-state index contributed by atoms with van der Waals surface area (Å²) in [5, 5.41) is 0.676. The van der Waals surface area contributed by atoms with Crippen LogP contribution in [0.1, 0.15) is 30.0 Å². The predicted octanol–water partition coefficient (Wildman–Crippen LogP) is 2.37. The van der Waals surface area contributed by atoms with Crippen molar-refractivity contribution in [3.63, 3.8) is 0 Å². The lowest BCUT2D eigenvalue weighted by Crippen LogP contribution is -2.18. The number of aromatic nitrogens is 2. The molecule has 0 amide bonds. The van der Waals surface area contributed by atoms with Gasteiger partial charge >= 0.3 is 0 Å². The van der Waals surface area contributed by atoms with Crippen molar-refractivity contribution < 1.29 is 4.74 Å². The summed E-state index contributed by atoms with van der Waals surface area (Å²) in [7, 11) is 0. The summed E-state index contributed by atoms with van der Waals surface area (Å²) in [6, 6.07) is 6.59. The Morgan fingerprint density at radius 3 is 2.86 bits per heavy atom. The largest absolute Gasteiger partial charge is 0.493 e. The van der Waals surface area contributed by atoms with Crippen molar-refractivity contribution in [1.29, 1.82) is 0 Å². The number of nitrogens with zero attached hydrogens (tertiary/aromatic N) is 1. The van der Waals surface area contributed by atoms with Gasteiger partial charge in [0.1, 0.15) is 11.6 Å². The standard InChI is InChI=1S/C15H18ClN3O2/c1-9-7-11(16)3-4-13(9)21-6-5-14-18-12(10(2)17)8-15(20)19-14/h3-4,7-8,10H,5-6,17H2,1-2H3,(H,18,19,20). The molecule has 112 valence electrons. The van der Waals surface area contributed by atoms with E-state index in [0.29, 0.717) is 29.6 Å². The summed E-state index contributed by atoms with van der Waals surface area (Å²) in [6.07, 6.45) is 0.498. The zero-order valence-corrected chi connectivity index (χ0v) is 12.8. The van der Waals surface area contributed by atoms with Gasteiger partial charge in [-0.25, -0.2) is 4.98 Å². The van der Waals surface area contributed by atoms with Gasteiger partial charge in [-0.3, -0.25) is 4.79 Å². The van der Waals surface area contributed by atoms with Crippen molar-refractivity contribution in [3.05, 3.63) is 56.7 Å². The van der Waals surface area contributed by atoms with E-state index >= 15 is 0 Å². The number of benzene rings is 1. The number of ether oxygens (including phenoxy) is 1. The molecule has 0 spiro atoms. The monoisotopic (exact) mass is 307 g/mol. The Morgan fingerprint density at radius 2 is 2.19 bits per heavy atom. The molecule has 1 aromatic heterocycles.